The number of para-hydroxylation sites is 2. The summed E-state index contributed by atoms with van der Waals surface area (Å²) in [5.41, 5.74) is 9.23. The van der Waals surface area contributed by atoms with Gasteiger partial charge >= 0.3 is 0 Å². The molecule has 37 heavy (non-hydrogen) atoms. The van der Waals surface area contributed by atoms with Crippen molar-refractivity contribution in [2.75, 3.05) is 43.3 Å². The molecule has 0 saturated carbocycles. The van der Waals surface area contributed by atoms with Gasteiger partial charge in [-0.05, 0) is 52.6 Å². The molecular weight excluding hydrogens is 464 g/mol. The Kier molecular flexibility index (Phi) is 6.34. The van der Waals surface area contributed by atoms with Crippen LogP contribution in [0, 0.1) is 0 Å². The van der Waals surface area contributed by atoms with Gasteiger partial charge in [-0.3, -0.25) is 0 Å². The summed E-state index contributed by atoms with van der Waals surface area (Å²) in [5.74, 6) is 0. The van der Waals surface area contributed by atoms with Gasteiger partial charge in [-0.2, -0.15) is 0 Å². The van der Waals surface area contributed by atoms with Crippen LogP contribution < -0.4 is 10.2 Å². The first-order valence-corrected chi connectivity index (χ1v) is 13.5. The first-order valence-electron chi connectivity index (χ1n) is 13.5. The second kappa shape index (κ2) is 10.1. The minimum atomic E-state index is 0.292. The van der Waals surface area contributed by atoms with Crippen molar-refractivity contribution in [1.82, 2.24) is 0 Å². The van der Waals surface area contributed by atoms with Gasteiger partial charge in [0.2, 0.25) is 0 Å². The minimum Gasteiger partial charge on any atom is -0.373 e. The molecule has 0 bridgehead atoms. The Balaban J connectivity index is 1.35. The van der Waals surface area contributed by atoms with E-state index in [2.05, 4.69) is 76.9 Å². The number of rotatable bonds is 13. The Labute approximate surface area is 218 Å². The van der Waals surface area contributed by atoms with Crippen molar-refractivity contribution in [2.24, 2.45) is 0 Å². The fourth-order valence-corrected chi connectivity index (χ4v) is 5.34. The van der Waals surface area contributed by atoms with Gasteiger partial charge in [0, 0.05) is 42.7 Å². The van der Waals surface area contributed by atoms with Crippen LogP contribution in [0.4, 0.5) is 17.1 Å². The van der Waals surface area contributed by atoms with Gasteiger partial charge in [0.05, 0.1) is 57.5 Å². The van der Waals surface area contributed by atoms with Crippen LogP contribution >= 0.6 is 0 Å². The van der Waals surface area contributed by atoms with Crippen LogP contribution in [0.3, 0.4) is 0 Å². The fourth-order valence-electron chi connectivity index (χ4n) is 5.34. The molecule has 4 saturated heterocycles. The summed E-state index contributed by atoms with van der Waals surface area (Å²) in [5, 5.41) is 3.67. The molecule has 4 aliphatic heterocycles. The van der Waals surface area contributed by atoms with Crippen molar-refractivity contribution < 1.29 is 18.9 Å². The van der Waals surface area contributed by atoms with Gasteiger partial charge in [-0.15, -0.1) is 0 Å². The lowest BCUT2D eigenvalue weighted by atomic mass is 9.85. The lowest BCUT2D eigenvalue weighted by Crippen LogP contribution is -2.27. The molecule has 1 N–H and O–H groups in total. The van der Waals surface area contributed by atoms with E-state index in [-0.39, 0.29) is 0 Å². The first kappa shape index (κ1) is 23.2. The van der Waals surface area contributed by atoms with E-state index in [0.717, 1.165) is 57.8 Å². The minimum absolute atomic E-state index is 0.292. The SMILES string of the molecule is c1ccc(NCN(c2ccccc2)c2cc(CC3CO3)c(CC3CO3)c(CC3CO3)c2CC2CO2)cc1. The van der Waals surface area contributed by atoms with Crippen molar-refractivity contribution in [3.8, 4) is 0 Å². The molecule has 0 spiro atoms. The van der Waals surface area contributed by atoms with Crippen LogP contribution in [-0.4, -0.2) is 57.5 Å². The highest BCUT2D eigenvalue weighted by Crippen LogP contribution is 2.40. The number of epoxide rings is 4. The number of nitrogens with zero attached hydrogens (tertiary/aromatic N) is 1. The average molecular weight is 499 g/mol. The molecule has 0 amide bonds. The van der Waals surface area contributed by atoms with E-state index < -0.39 is 0 Å². The summed E-state index contributed by atoms with van der Waals surface area (Å²) in [4.78, 5) is 2.43. The van der Waals surface area contributed by atoms with Gasteiger partial charge < -0.3 is 29.2 Å². The number of benzene rings is 3. The topological polar surface area (TPSA) is 65.4 Å². The molecule has 4 heterocycles. The maximum Gasteiger partial charge on any atom is 0.0925 e. The van der Waals surface area contributed by atoms with Crippen LogP contribution in [0.15, 0.2) is 66.7 Å². The molecule has 0 aromatic heterocycles. The molecule has 0 radical (unpaired) electrons. The zero-order chi connectivity index (χ0) is 24.6. The maximum absolute atomic E-state index is 5.79. The van der Waals surface area contributed by atoms with Gasteiger partial charge in [0.1, 0.15) is 0 Å². The zero-order valence-electron chi connectivity index (χ0n) is 21.1. The average Bonchev–Trinajstić information content (AvgIpc) is 3.75. The Morgan fingerprint density at radius 2 is 1.14 bits per heavy atom. The highest BCUT2D eigenvalue weighted by molar-refractivity contribution is 5.71. The Morgan fingerprint density at radius 1 is 0.622 bits per heavy atom. The van der Waals surface area contributed by atoms with Gasteiger partial charge in [0.15, 0.2) is 0 Å². The van der Waals surface area contributed by atoms with Crippen molar-refractivity contribution in [3.63, 3.8) is 0 Å². The molecule has 6 nitrogen and oxygen atoms in total. The van der Waals surface area contributed by atoms with E-state index in [1.54, 1.807) is 0 Å². The molecule has 4 unspecified atom stereocenters. The third-order valence-electron chi connectivity index (χ3n) is 7.66. The number of ether oxygens (including phenoxy) is 4. The standard InChI is InChI=1S/C31H34N2O4/c1-3-7-22(8-4-1)32-20-33(23-9-5-2-6-10-23)31-12-21(11-24-16-34-24)28(13-25-17-35-25)29(14-26-18-36-26)30(31)15-27-19-37-27/h1-10,12,24-27,32H,11,13-20H2. The third-order valence-corrected chi connectivity index (χ3v) is 7.66. The number of nitrogens with one attached hydrogen (secondary N) is 1. The maximum atomic E-state index is 5.79. The predicted molar refractivity (Wildman–Crippen MR) is 144 cm³/mol. The molecule has 0 aliphatic carbocycles. The van der Waals surface area contributed by atoms with Crippen LogP contribution in [0.5, 0.6) is 0 Å². The quantitative estimate of drug-likeness (QED) is 0.273. The smallest absolute Gasteiger partial charge is 0.0925 e. The molecule has 3 aromatic rings. The van der Waals surface area contributed by atoms with Crippen molar-refractivity contribution in [1.29, 1.82) is 0 Å². The number of anilines is 3. The molecule has 4 fully saturated rings. The van der Waals surface area contributed by atoms with E-state index in [4.69, 9.17) is 18.9 Å². The summed E-state index contributed by atoms with van der Waals surface area (Å²) < 4.78 is 23.0. The van der Waals surface area contributed by atoms with E-state index in [1.807, 2.05) is 0 Å². The van der Waals surface area contributed by atoms with E-state index in [1.165, 1.54) is 33.6 Å². The van der Waals surface area contributed by atoms with Crippen LogP contribution in [-0.2, 0) is 44.6 Å². The van der Waals surface area contributed by atoms with Gasteiger partial charge in [-0.25, -0.2) is 0 Å². The largest absolute Gasteiger partial charge is 0.373 e. The second-order valence-electron chi connectivity index (χ2n) is 10.6. The molecular formula is C31H34N2O4. The Hall–Kier alpha value is -2.90. The summed E-state index contributed by atoms with van der Waals surface area (Å²) in [6.07, 6.45) is 5.04. The lowest BCUT2D eigenvalue weighted by Gasteiger charge is -2.31. The molecule has 6 heteroatoms. The predicted octanol–water partition coefficient (Wildman–Crippen LogP) is 4.66. The Morgan fingerprint density at radius 3 is 1.73 bits per heavy atom. The molecule has 4 atom stereocenters. The molecule has 3 aromatic carbocycles. The summed E-state index contributed by atoms with van der Waals surface area (Å²) in [7, 11) is 0. The van der Waals surface area contributed by atoms with Crippen molar-refractivity contribution >= 4 is 17.1 Å². The monoisotopic (exact) mass is 498 g/mol. The van der Waals surface area contributed by atoms with Crippen LogP contribution in [0.25, 0.3) is 0 Å². The van der Waals surface area contributed by atoms with E-state index in [0.29, 0.717) is 31.1 Å². The molecule has 192 valence electrons. The summed E-state index contributed by atoms with van der Waals surface area (Å²) in [6.45, 7) is 4.06. The van der Waals surface area contributed by atoms with E-state index >= 15 is 0 Å². The van der Waals surface area contributed by atoms with Crippen molar-refractivity contribution in [3.05, 3.63) is 89.0 Å². The molecule has 4 aliphatic rings. The summed E-state index contributed by atoms with van der Waals surface area (Å²) >= 11 is 0. The van der Waals surface area contributed by atoms with Crippen LogP contribution in [0.1, 0.15) is 22.3 Å². The van der Waals surface area contributed by atoms with E-state index in [9.17, 15) is 0 Å². The highest BCUT2D eigenvalue weighted by Gasteiger charge is 2.35. The highest BCUT2D eigenvalue weighted by atomic mass is 16.6. The van der Waals surface area contributed by atoms with Crippen molar-refractivity contribution in [2.45, 2.75) is 50.1 Å². The number of hydrogen-bond acceptors (Lipinski definition) is 6. The molecule has 7 rings (SSSR count). The zero-order valence-corrected chi connectivity index (χ0v) is 21.1. The van der Waals surface area contributed by atoms with Crippen LogP contribution in [0.2, 0.25) is 0 Å². The van der Waals surface area contributed by atoms with Gasteiger partial charge in [0.25, 0.3) is 0 Å². The lowest BCUT2D eigenvalue weighted by molar-refractivity contribution is 0.395. The number of hydrogen-bond donors (Lipinski definition) is 1. The summed E-state index contributed by atoms with van der Waals surface area (Å²) in [6, 6.07) is 23.6. The Bertz CT molecular complexity index is 1220. The second-order valence-corrected chi connectivity index (χ2v) is 10.6. The fraction of sp³-hybridized carbons (Fsp3) is 0.419. The normalized spacial score (nSPS) is 25.0. The van der Waals surface area contributed by atoms with Gasteiger partial charge in [-0.1, -0.05) is 36.4 Å². The third kappa shape index (κ3) is 5.83. The first-order chi connectivity index (χ1) is 18.3.